The maximum absolute atomic E-state index is 9.28. The van der Waals surface area contributed by atoms with E-state index in [4.69, 9.17) is 0 Å². The van der Waals surface area contributed by atoms with Crippen molar-refractivity contribution in [2.24, 2.45) is 0 Å². The number of carboxylic acids is 4. The number of hydrogen-bond acceptors (Lipinski definition) is 8. The largest absolute Gasteiger partial charge is 4.00 e. The average molecular weight is 383 g/mol. The van der Waals surface area contributed by atoms with E-state index < -0.39 is 36.7 Å². The summed E-state index contributed by atoms with van der Waals surface area (Å²) >= 11 is 0. The Bertz CT molecular complexity index is 198. The molecule has 0 rings (SSSR count). The van der Waals surface area contributed by atoms with Gasteiger partial charge in [-0.2, -0.15) is 0 Å². The number of carbonyl (C=O) groups is 4. The molecule has 0 fully saturated rings. The zero-order chi connectivity index (χ0) is 11.7. The van der Waals surface area contributed by atoms with Gasteiger partial charge in [0.25, 0.3) is 0 Å². The molecule has 0 bridgehead atoms. The summed E-state index contributed by atoms with van der Waals surface area (Å²) in [5.41, 5.74) is 0. The number of carbonyl (C=O) groups excluding carboxylic acids is 4. The van der Waals surface area contributed by atoms with E-state index in [1.165, 1.54) is 0 Å². The van der Waals surface area contributed by atoms with Gasteiger partial charge >= 0.3 is 25.8 Å². The third-order valence-corrected chi connectivity index (χ3v) is 0.577. The SMILES string of the molecule is O=C([O-])CC(=O)[O-].O=C([O-])CC(=O)[O-].[Hf+4]. The van der Waals surface area contributed by atoms with Crippen molar-refractivity contribution in [1.29, 1.82) is 0 Å². The van der Waals surface area contributed by atoms with Gasteiger partial charge in [-0.1, -0.05) is 0 Å². The molecule has 0 unspecified atom stereocenters. The van der Waals surface area contributed by atoms with Gasteiger partial charge in [0.2, 0.25) is 0 Å². The molecule has 0 N–H and O–H groups in total. The van der Waals surface area contributed by atoms with Crippen LogP contribution in [0.2, 0.25) is 0 Å². The zero-order valence-electron chi connectivity index (χ0n) is 7.18. The maximum Gasteiger partial charge on any atom is 4.00 e. The molecule has 80 valence electrons. The molecule has 0 saturated carbocycles. The van der Waals surface area contributed by atoms with Gasteiger partial charge in [0.15, 0.2) is 0 Å². The topological polar surface area (TPSA) is 161 Å². The molecule has 15 heavy (non-hydrogen) atoms. The van der Waals surface area contributed by atoms with Crippen LogP contribution in [0.1, 0.15) is 12.8 Å². The Morgan fingerprint density at radius 3 is 0.733 bits per heavy atom. The molecule has 9 heteroatoms. The van der Waals surface area contributed by atoms with Crippen molar-refractivity contribution in [3.05, 3.63) is 0 Å². The van der Waals surface area contributed by atoms with Crippen LogP contribution in [0.15, 0.2) is 0 Å². The number of carboxylic acid groups (broad SMARTS) is 4. The summed E-state index contributed by atoms with van der Waals surface area (Å²) in [7, 11) is 0. The standard InChI is InChI=1S/2C3H4O4.Hf/c2*4-2(5)1-3(6)7;/h2*1H2,(H,4,5)(H,6,7);/q;;+4/p-4. The summed E-state index contributed by atoms with van der Waals surface area (Å²) in [5.74, 6) is -6.50. The monoisotopic (exact) mass is 384 g/mol. The molecule has 0 amide bonds. The fourth-order valence-corrected chi connectivity index (χ4v) is 0.236. The van der Waals surface area contributed by atoms with Crippen LogP contribution >= 0.6 is 0 Å². The summed E-state index contributed by atoms with van der Waals surface area (Å²) in [4.78, 5) is 37.1. The van der Waals surface area contributed by atoms with Crippen LogP contribution in [0.5, 0.6) is 0 Å². The van der Waals surface area contributed by atoms with E-state index in [1.807, 2.05) is 0 Å². The van der Waals surface area contributed by atoms with E-state index in [0.717, 1.165) is 0 Å². The van der Waals surface area contributed by atoms with E-state index in [1.54, 1.807) is 0 Å². The zero-order valence-corrected chi connectivity index (χ0v) is 10.8. The quantitative estimate of drug-likeness (QED) is 0.343. The van der Waals surface area contributed by atoms with Gasteiger partial charge in [0, 0.05) is 36.7 Å². The van der Waals surface area contributed by atoms with Crippen molar-refractivity contribution in [1.82, 2.24) is 0 Å². The van der Waals surface area contributed by atoms with E-state index >= 15 is 0 Å². The van der Waals surface area contributed by atoms with Gasteiger partial charge in [-0.3, -0.25) is 0 Å². The Morgan fingerprint density at radius 2 is 0.733 bits per heavy atom. The first-order chi connectivity index (χ1) is 6.25. The first-order valence-corrected chi connectivity index (χ1v) is 3.05. The van der Waals surface area contributed by atoms with Crippen LogP contribution in [0.4, 0.5) is 0 Å². The molecule has 0 aromatic rings. The second-order valence-corrected chi connectivity index (χ2v) is 1.84. The van der Waals surface area contributed by atoms with Crippen LogP contribution in [-0.2, 0) is 45.0 Å². The molecule has 0 atom stereocenters. The summed E-state index contributed by atoms with van der Waals surface area (Å²) < 4.78 is 0. The summed E-state index contributed by atoms with van der Waals surface area (Å²) in [6.07, 6.45) is -2.06. The maximum atomic E-state index is 9.28. The van der Waals surface area contributed by atoms with Crippen molar-refractivity contribution in [2.45, 2.75) is 12.8 Å². The Kier molecular flexibility index (Phi) is 14.0. The van der Waals surface area contributed by atoms with E-state index in [9.17, 15) is 39.6 Å². The summed E-state index contributed by atoms with van der Waals surface area (Å²) in [5, 5.41) is 37.1. The normalized spacial score (nSPS) is 7.47. The van der Waals surface area contributed by atoms with Gasteiger partial charge in [-0.15, -0.1) is 0 Å². The molecule has 0 radical (unpaired) electrons. The first kappa shape index (κ1) is 19.3. The van der Waals surface area contributed by atoms with E-state index in [-0.39, 0.29) is 25.8 Å². The minimum atomic E-state index is -1.63. The van der Waals surface area contributed by atoms with Crippen molar-refractivity contribution in [3.8, 4) is 0 Å². The van der Waals surface area contributed by atoms with Gasteiger partial charge < -0.3 is 39.6 Å². The third-order valence-electron chi connectivity index (χ3n) is 0.577. The Labute approximate surface area is 102 Å². The fraction of sp³-hybridized carbons (Fsp3) is 0.333. The number of rotatable bonds is 4. The molecule has 0 saturated heterocycles. The van der Waals surface area contributed by atoms with E-state index in [0.29, 0.717) is 0 Å². The summed E-state index contributed by atoms with van der Waals surface area (Å²) in [6, 6.07) is 0. The van der Waals surface area contributed by atoms with Crippen LogP contribution in [0, 0.1) is 0 Å². The number of hydrogen-bond donors (Lipinski definition) is 0. The molecule has 0 heterocycles. The average Bonchev–Trinajstić information content (AvgIpc) is 1.79. The molecular weight excluding hydrogens is 379 g/mol. The van der Waals surface area contributed by atoms with Gasteiger partial charge in [-0.25, -0.2) is 0 Å². The molecular formula is C6H4HfO8. The van der Waals surface area contributed by atoms with Gasteiger partial charge in [-0.05, 0) is 0 Å². The van der Waals surface area contributed by atoms with Crippen molar-refractivity contribution >= 4 is 23.9 Å². The predicted molar refractivity (Wildman–Crippen MR) is 29.3 cm³/mol. The van der Waals surface area contributed by atoms with Crippen molar-refractivity contribution < 1.29 is 65.4 Å². The molecule has 0 aromatic carbocycles. The van der Waals surface area contributed by atoms with Crippen molar-refractivity contribution in [2.75, 3.05) is 0 Å². The van der Waals surface area contributed by atoms with Crippen LogP contribution in [-0.4, -0.2) is 23.9 Å². The molecule has 8 nitrogen and oxygen atoms in total. The van der Waals surface area contributed by atoms with Crippen LogP contribution in [0.3, 0.4) is 0 Å². The first-order valence-electron chi connectivity index (χ1n) is 3.05. The third kappa shape index (κ3) is 32.3. The second-order valence-electron chi connectivity index (χ2n) is 1.84. The van der Waals surface area contributed by atoms with Crippen molar-refractivity contribution in [3.63, 3.8) is 0 Å². The minimum Gasteiger partial charge on any atom is -0.550 e. The Balaban J connectivity index is -0.000000180. The van der Waals surface area contributed by atoms with E-state index in [2.05, 4.69) is 0 Å². The Hall–Kier alpha value is -1.25. The molecule has 0 spiro atoms. The molecule has 0 aliphatic heterocycles. The van der Waals surface area contributed by atoms with Crippen LogP contribution in [0.25, 0.3) is 0 Å². The van der Waals surface area contributed by atoms with Gasteiger partial charge in [0.05, 0.1) is 0 Å². The Morgan fingerprint density at radius 1 is 0.600 bits per heavy atom. The molecule has 0 aromatic heterocycles. The molecule has 0 aliphatic carbocycles. The van der Waals surface area contributed by atoms with Gasteiger partial charge in [0.1, 0.15) is 0 Å². The van der Waals surface area contributed by atoms with Crippen LogP contribution < -0.4 is 20.4 Å². The second kappa shape index (κ2) is 10.8. The number of aliphatic carboxylic acids is 4. The smallest absolute Gasteiger partial charge is 0.550 e. The minimum absolute atomic E-state index is 0. The molecule has 0 aliphatic rings. The predicted octanol–water partition coefficient (Wildman–Crippen LogP) is -6.25. The summed E-state index contributed by atoms with van der Waals surface area (Å²) in [6.45, 7) is 0. The fourth-order valence-electron chi connectivity index (χ4n) is 0.236.